The number of hydrogen-bond acceptors (Lipinski definition) is 4. The monoisotopic (exact) mass is 368 g/mol. The third-order valence-electron chi connectivity index (χ3n) is 4.86. The van der Waals surface area contributed by atoms with E-state index in [0.717, 1.165) is 18.7 Å². The van der Waals surface area contributed by atoms with Crippen molar-refractivity contribution in [3.05, 3.63) is 54.1 Å². The van der Waals surface area contributed by atoms with Crippen LogP contribution < -0.4 is 19.7 Å². The van der Waals surface area contributed by atoms with Gasteiger partial charge in [0.05, 0.1) is 7.11 Å². The van der Waals surface area contributed by atoms with Gasteiger partial charge in [-0.1, -0.05) is 25.1 Å². The normalized spacial score (nSPS) is 14.7. The predicted molar refractivity (Wildman–Crippen MR) is 107 cm³/mol. The zero-order valence-corrected chi connectivity index (χ0v) is 16.1. The van der Waals surface area contributed by atoms with Gasteiger partial charge in [0.15, 0.2) is 6.10 Å². The van der Waals surface area contributed by atoms with Gasteiger partial charge in [0, 0.05) is 31.4 Å². The smallest absolute Gasteiger partial charge is 0.261 e. The third kappa shape index (κ3) is 5.16. The first-order chi connectivity index (χ1) is 13.2. The minimum absolute atomic E-state index is 0.107. The summed E-state index contributed by atoms with van der Waals surface area (Å²) in [7, 11) is 1.61. The highest BCUT2D eigenvalue weighted by Crippen LogP contribution is 2.22. The van der Waals surface area contributed by atoms with E-state index >= 15 is 0 Å². The molecule has 1 fully saturated rings. The molecule has 1 N–H and O–H groups in total. The first-order valence-corrected chi connectivity index (χ1v) is 9.62. The van der Waals surface area contributed by atoms with Gasteiger partial charge in [0.25, 0.3) is 5.91 Å². The van der Waals surface area contributed by atoms with Gasteiger partial charge in [-0.25, -0.2) is 0 Å². The van der Waals surface area contributed by atoms with Crippen molar-refractivity contribution in [2.24, 2.45) is 0 Å². The lowest BCUT2D eigenvalue weighted by molar-refractivity contribution is -0.128. The molecule has 0 radical (unpaired) electrons. The Kier molecular flexibility index (Phi) is 6.58. The zero-order chi connectivity index (χ0) is 19.1. The molecule has 0 aliphatic carbocycles. The van der Waals surface area contributed by atoms with Crippen LogP contribution in [-0.2, 0) is 11.3 Å². The lowest BCUT2D eigenvalue weighted by Gasteiger charge is -2.19. The van der Waals surface area contributed by atoms with E-state index in [1.165, 1.54) is 18.5 Å². The van der Waals surface area contributed by atoms with Gasteiger partial charge in [0.1, 0.15) is 11.5 Å². The van der Waals surface area contributed by atoms with E-state index in [-0.39, 0.29) is 5.91 Å². The summed E-state index contributed by atoms with van der Waals surface area (Å²) in [5.74, 6) is 1.23. The summed E-state index contributed by atoms with van der Waals surface area (Å²) in [5.41, 5.74) is 2.35. The van der Waals surface area contributed by atoms with Crippen LogP contribution in [0.25, 0.3) is 0 Å². The zero-order valence-electron chi connectivity index (χ0n) is 16.1. The van der Waals surface area contributed by atoms with Crippen molar-refractivity contribution in [1.29, 1.82) is 0 Å². The third-order valence-corrected chi connectivity index (χ3v) is 4.86. The SMILES string of the molecule is CC[C@@H](Oc1cccc(OC)c1)C(=O)NCc1ccc(N2CCCC2)cc1. The maximum atomic E-state index is 12.5. The molecular formula is C22H28N2O3. The lowest BCUT2D eigenvalue weighted by atomic mass is 10.2. The van der Waals surface area contributed by atoms with E-state index in [4.69, 9.17) is 9.47 Å². The molecule has 0 aromatic heterocycles. The number of anilines is 1. The fourth-order valence-corrected chi connectivity index (χ4v) is 3.26. The number of benzene rings is 2. The summed E-state index contributed by atoms with van der Waals surface area (Å²) in [4.78, 5) is 14.9. The van der Waals surface area contributed by atoms with Gasteiger partial charge in [-0.15, -0.1) is 0 Å². The summed E-state index contributed by atoms with van der Waals surface area (Å²) in [6, 6.07) is 15.7. The molecule has 1 atom stereocenters. The number of carbonyl (C=O) groups excluding carboxylic acids is 1. The topological polar surface area (TPSA) is 50.8 Å². The van der Waals surface area contributed by atoms with Gasteiger partial charge in [-0.2, -0.15) is 0 Å². The second kappa shape index (κ2) is 9.31. The molecular weight excluding hydrogens is 340 g/mol. The van der Waals surface area contributed by atoms with Crippen molar-refractivity contribution in [2.45, 2.75) is 38.8 Å². The molecule has 2 aromatic carbocycles. The van der Waals surface area contributed by atoms with Crippen molar-refractivity contribution >= 4 is 11.6 Å². The van der Waals surface area contributed by atoms with Crippen LogP contribution in [-0.4, -0.2) is 32.2 Å². The number of rotatable bonds is 8. The van der Waals surface area contributed by atoms with Crippen molar-refractivity contribution in [1.82, 2.24) is 5.32 Å². The Hall–Kier alpha value is -2.69. The molecule has 1 saturated heterocycles. The van der Waals surface area contributed by atoms with Crippen molar-refractivity contribution in [2.75, 3.05) is 25.1 Å². The maximum Gasteiger partial charge on any atom is 0.261 e. The van der Waals surface area contributed by atoms with Crippen LogP contribution in [0.15, 0.2) is 48.5 Å². The van der Waals surface area contributed by atoms with Crippen LogP contribution in [0, 0.1) is 0 Å². The highest BCUT2D eigenvalue weighted by Gasteiger charge is 2.18. The van der Waals surface area contributed by atoms with Crippen molar-refractivity contribution in [3.63, 3.8) is 0 Å². The molecule has 3 rings (SSSR count). The Morgan fingerprint density at radius 1 is 1.11 bits per heavy atom. The van der Waals surface area contributed by atoms with Gasteiger partial charge in [-0.3, -0.25) is 4.79 Å². The highest BCUT2D eigenvalue weighted by atomic mass is 16.5. The molecule has 0 bridgehead atoms. The molecule has 27 heavy (non-hydrogen) atoms. The maximum absolute atomic E-state index is 12.5. The van der Waals surface area contributed by atoms with Gasteiger partial charge in [0.2, 0.25) is 0 Å². The van der Waals surface area contributed by atoms with E-state index in [2.05, 4.69) is 34.5 Å². The van der Waals surface area contributed by atoms with Crippen LogP contribution in [0.1, 0.15) is 31.7 Å². The minimum Gasteiger partial charge on any atom is -0.497 e. The van der Waals surface area contributed by atoms with Crippen molar-refractivity contribution in [3.8, 4) is 11.5 Å². The van der Waals surface area contributed by atoms with E-state index in [1.807, 2.05) is 25.1 Å². The fraction of sp³-hybridized carbons (Fsp3) is 0.409. The first kappa shape index (κ1) is 19.1. The van der Waals surface area contributed by atoms with E-state index in [1.54, 1.807) is 13.2 Å². The molecule has 144 valence electrons. The molecule has 0 unspecified atom stereocenters. The number of amides is 1. The Labute approximate surface area is 161 Å². The van der Waals surface area contributed by atoms with Crippen LogP contribution in [0.2, 0.25) is 0 Å². The summed E-state index contributed by atoms with van der Waals surface area (Å²) < 4.78 is 11.0. The standard InChI is InChI=1S/C22H28N2O3/c1-3-21(27-20-8-6-7-19(15-20)26-2)22(25)23-16-17-9-11-18(12-10-17)24-13-4-5-14-24/h6-12,15,21H,3-5,13-14,16H2,1-2H3,(H,23,25)/t21-/m1/s1. The van der Waals surface area contributed by atoms with Crippen LogP contribution >= 0.6 is 0 Å². The quantitative estimate of drug-likeness (QED) is 0.771. The Morgan fingerprint density at radius 2 is 1.81 bits per heavy atom. The average molecular weight is 368 g/mol. The molecule has 2 aromatic rings. The van der Waals surface area contributed by atoms with Gasteiger partial charge >= 0.3 is 0 Å². The van der Waals surface area contributed by atoms with Crippen LogP contribution in [0.4, 0.5) is 5.69 Å². The Balaban J connectivity index is 1.53. The summed E-state index contributed by atoms with van der Waals surface area (Å²) in [6.07, 6.45) is 2.60. The average Bonchev–Trinajstić information content (AvgIpc) is 3.25. The molecule has 1 aliphatic heterocycles. The molecule has 5 nitrogen and oxygen atoms in total. The minimum atomic E-state index is -0.527. The Morgan fingerprint density at radius 3 is 2.48 bits per heavy atom. The molecule has 1 amide bonds. The molecule has 0 spiro atoms. The summed E-state index contributed by atoms with van der Waals surface area (Å²) >= 11 is 0. The van der Waals surface area contributed by atoms with Crippen molar-refractivity contribution < 1.29 is 14.3 Å². The number of nitrogens with zero attached hydrogens (tertiary/aromatic N) is 1. The molecule has 1 aliphatic rings. The fourth-order valence-electron chi connectivity index (χ4n) is 3.26. The van der Waals surface area contributed by atoms with Gasteiger partial charge in [-0.05, 0) is 49.1 Å². The summed E-state index contributed by atoms with van der Waals surface area (Å²) in [5, 5.41) is 2.98. The van der Waals surface area contributed by atoms with Crippen LogP contribution in [0.3, 0.4) is 0 Å². The molecule has 1 heterocycles. The number of nitrogens with one attached hydrogen (secondary N) is 1. The first-order valence-electron chi connectivity index (χ1n) is 9.62. The molecule has 5 heteroatoms. The highest BCUT2D eigenvalue weighted by molar-refractivity contribution is 5.81. The van der Waals surface area contributed by atoms with Crippen LogP contribution in [0.5, 0.6) is 11.5 Å². The largest absolute Gasteiger partial charge is 0.497 e. The predicted octanol–water partition coefficient (Wildman–Crippen LogP) is 3.77. The lowest BCUT2D eigenvalue weighted by Crippen LogP contribution is -2.37. The van der Waals surface area contributed by atoms with Gasteiger partial charge < -0.3 is 19.7 Å². The number of ether oxygens (including phenoxy) is 2. The van der Waals surface area contributed by atoms with E-state index in [9.17, 15) is 4.79 Å². The number of hydrogen-bond donors (Lipinski definition) is 1. The second-order valence-electron chi connectivity index (χ2n) is 6.77. The molecule has 0 saturated carbocycles. The number of methoxy groups -OCH3 is 1. The Bertz CT molecular complexity index is 739. The number of carbonyl (C=O) groups is 1. The summed E-state index contributed by atoms with van der Waals surface area (Å²) in [6.45, 7) is 4.71. The second-order valence-corrected chi connectivity index (χ2v) is 6.77. The van der Waals surface area contributed by atoms with E-state index in [0.29, 0.717) is 24.5 Å². The van der Waals surface area contributed by atoms with E-state index < -0.39 is 6.10 Å².